The molecule has 0 atom stereocenters. The molecular weight excluding hydrogens is 287 g/mol. The van der Waals surface area contributed by atoms with Gasteiger partial charge in [0.2, 0.25) is 5.91 Å². The topological polar surface area (TPSA) is 71.3 Å². The zero-order valence-corrected chi connectivity index (χ0v) is 10.9. The van der Waals surface area contributed by atoms with Gasteiger partial charge in [-0.3, -0.25) is 4.79 Å². The van der Waals surface area contributed by atoms with Crippen molar-refractivity contribution in [1.29, 1.82) is 0 Å². The summed E-state index contributed by atoms with van der Waals surface area (Å²) in [6.45, 7) is -0.192. The van der Waals surface area contributed by atoms with E-state index in [1.54, 1.807) is 0 Å². The number of nitrogens with zero attached hydrogens (tertiary/aromatic N) is 1. The number of nitrogens with one attached hydrogen (secondary N) is 1. The number of aromatic carboxylic acids is 1. The fraction of sp³-hybridized carbons (Fsp3) is 0.0769. The second-order valence-electron chi connectivity index (χ2n) is 4.03. The highest BCUT2D eigenvalue weighted by atomic mass is 35.5. The third-order valence-corrected chi connectivity index (χ3v) is 2.73. The predicted octanol–water partition coefficient (Wildman–Crippen LogP) is 2.62. The molecule has 0 bridgehead atoms. The molecule has 20 heavy (non-hydrogen) atoms. The van der Waals surface area contributed by atoms with E-state index in [2.05, 4.69) is 5.32 Å². The normalized spacial score (nSPS) is 10.3. The van der Waals surface area contributed by atoms with Gasteiger partial charge in [-0.2, -0.15) is 0 Å². The van der Waals surface area contributed by atoms with Gasteiger partial charge in [0.1, 0.15) is 18.1 Å². The van der Waals surface area contributed by atoms with Crippen LogP contribution in [0.15, 0.2) is 36.5 Å². The van der Waals surface area contributed by atoms with Crippen molar-refractivity contribution < 1.29 is 19.1 Å². The minimum atomic E-state index is -1.13. The molecule has 7 heteroatoms. The van der Waals surface area contributed by atoms with E-state index in [0.717, 1.165) is 12.1 Å². The van der Waals surface area contributed by atoms with Gasteiger partial charge < -0.3 is 15.0 Å². The van der Waals surface area contributed by atoms with Gasteiger partial charge in [-0.05, 0) is 30.3 Å². The lowest BCUT2D eigenvalue weighted by molar-refractivity contribution is -0.116. The molecular formula is C13H10ClFN2O3. The van der Waals surface area contributed by atoms with E-state index in [4.69, 9.17) is 16.7 Å². The first kappa shape index (κ1) is 14.1. The Bertz CT molecular complexity index is 649. The molecule has 1 aromatic heterocycles. The smallest absolute Gasteiger partial charge is 0.352 e. The number of aromatic nitrogens is 1. The maximum absolute atomic E-state index is 13.1. The molecule has 0 unspecified atom stereocenters. The molecule has 2 rings (SSSR count). The van der Waals surface area contributed by atoms with E-state index >= 15 is 0 Å². The molecule has 2 aromatic rings. The van der Waals surface area contributed by atoms with Crippen molar-refractivity contribution in [1.82, 2.24) is 4.57 Å². The number of hydrogen-bond donors (Lipinski definition) is 2. The minimum absolute atomic E-state index is 0.00238. The van der Waals surface area contributed by atoms with Crippen LogP contribution in [0.1, 0.15) is 10.5 Å². The second kappa shape index (κ2) is 5.75. The van der Waals surface area contributed by atoms with Crippen LogP contribution < -0.4 is 5.32 Å². The minimum Gasteiger partial charge on any atom is -0.477 e. The Morgan fingerprint density at radius 2 is 2.10 bits per heavy atom. The van der Waals surface area contributed by atoms with Gasteiger partial charge in [0.25, 0.3) is 0 Å². The Hall–Kier alpha value is -2.34. The van der Waals surface area contributed by atoms with Crippen molar-refractivity contribution in [2.24, 2.45) is 0 Å². The van der Waals surface area contributed by atoms with E-state index < -0.39 is 17.7 Å². The highest BCUT2D eigenvalue weighted by molar-refractivity contribution is 6.30. The highest BCUT2D eigenvalue weighted by Crippen LogP contribution is 2.18. The van der Waals surface area contributed by atoms with E-state index in [0.29, 0.717) is 0 Å². The average molecular weight is 297 g/mol. The molecule has 5 nitrogen and oxygen atoms in total. The number of carbonyl (C=O) groups excluding carboxylic acids is 1. The Morgan fingerprint density at radius 3 is 2.75 bits per heavy atom. The molecule has 0 radical (unpaired) electrons. The lowest BCUT2D eigenvalue weighted by atomic mass is 10.3. The number of carboxylic acids is 1. The maximum atomic E-state index is 13.1. The average Bonchev–Trinajstić information content (AvgIpc) is 2.75. The number of anilines is 1. The number of halogens is 2. The molecule has 0 saturated heterocycles. The Labute approximate surface area is 118 Å². The van der Waals surface area contributed by atoms with Gasteiger partial charge in [0.05, 0.1) is 0 Å². The van der Waals surface area contributed by atoms with Gasteiger partial charge in [-0.25, -0.2) is 9.18 Å². The molecule has 0 aliphatic heterocycles. The molecule has 0 spiro atoms. The number of carboxylic acid groups (broad SMARTS) is 1. The summed E-state index contributed by atoms with van der Waals surface area (Å²) in [5, 5.41) is 11.5. The first-order chi connectivity index (χ1) is 9.45. The maximum Gasteiger partial charge on any atom is 0.352 e. The van der Waals surface area contributed by atoms with Crippen LogP contribution >= 0.6 is 11.6 Å². The molecule has 104 valence electrons. The Kier molecular flexibility index (Phi) is 4.05. The summed E-state index contributed by atoms with van der Waals surface area (Å²) in [5.74, 6) is -2.18. The van der Waals surface area contributed by atoms with Crippen LogP contribution in [0.2, 0.25) is 5.02 Å². The van der Waals surface area contributed by atoms with Gasteiger partial charge in [0.15, 0.2) is 0 Å². The van der Waals surface area contributed by atoms with Crippen LogP contribution in [0.25, 0.3) is 0 Å². The monoisotopic (exact) mass is 296 g/mol. The van der Waals surface area contributed by atoms with Gasteiger partial charge in [-0.1, -0.05) is 11.6 Å². The van der Waals surface area contributed by atoms with Crippen LogP contribution in [0.5, 0.6) is 0 Å². The van der Waals surface area contributed by atoms with Crippen molar-refractivity contribution in [2.75, 3.05) is 5.32 Å². The molecule has 1 aromatic carbocycles. The molecule has 1 heterocycles. The number of hydrogen-bond acceptors (Lipinski definition) is 2. The molecule has 2 N–H and O–H groups in total. The van der Waals surface area contributed by atoms with Crippen LogP contribution in [-0.2, 0) is 11.3 Å². The van der Waals surface area contributed by atoms with Crippen LogP contribution in [-0.4, -0.2) is 21.6 Å². The largest absolute Gasteiger partial charge is 0.477 e. The number of rotatable bonds is 4. The van der Waals surface area contributed by atoms with Gasteiger partial charge in [-0.15, -0.1) is 0 Å². The number of benzene rings is 1. The van der Waals surface area contributed by atoms with E-state index in [1.165, 1.54) is 29.0 Å². The van der Waals surface area contributed by atoms with Crippen LogP contribution in [0.3, 0.4) is 0 Å². The predicted molar refractivity (Wildman–Crippen MR) is 71.4 cm³/mol. The van der Waals surface area contributed by atoms with Crippen molar-refractivity contribution in [3.05, 3.63) is 53.1 Å². The Morgan fingerprint density at radius 1 is 1.35 bits per heavy atom. The number of amides is 1. The summed E-state index contributed by atoms with van der Waals surface area (Å²) in [5.41, 5.74) is 0.210. The summed E-state index contributed by atoms with van der Waals surface area (Å²) in [6.07, 6.45) is 1.47. The third kappa shape index (κ3) is 3.36. The molecule has 0 aliphatic rings. The third-order valence-electron chi connectivity index (χ3n) is 2.51. The highest BCUT2D eigenvalue weighted by Gasteiger charge is 2.12. The fourth-order valence-electron chi connectivity index (χ4n) is 1.73. The van der Waals surface area contributed by atoms with Crippen LogP contribution in [0, 0.1) is 5.82 Å². The quantitative estimate of drug-likeness (QED) is 0.911. The van der Waals surface area contributed by atoms with Crippen molar-refractivity contribution in [2.45, 2.75) is 6.54 Å². The Balaban J connectivity index is 2.09. The lowest BCUT2D eigenvalue weighted by Gasteiger charge is -2.08. The molecule has 1 amide bonds. The first-order valence-corrected chi connectivity index (χ1v) is 5.98. The van der Waals surface area contributed by atoms with E-state index in [1.807, 2.05) is 0 Å². The fourth-order valence-corrected chi connectivity index (χ4v) is 1.95. The summed E-state index contributed by atoms with van der Waals surface area (Å²) in [7, 11) is 0. The van der Waals surface area contributed by atoms with E-state index in [-0.39, 0.29) is 22.9 Å². The van der Waals surface area contributed by atoms with Crippen molar-refractivity contribution in [3.63, 3.8) is 0 Å². The molecule has 0 fully saturated rings. The summed E-state index contributed by atoms with van der Waals surface area (Å²) < 4.78 is 14.4. The van der Waals surface area contributed by atoms with Crippen molar-refractivity contribution in [3.8, 4) is 0 Å². The summed E-state index contributed by atoms with van der Waals surface area (Å²) >= 11 is 5.67. The van der Waals surface area contributed by atoms with Gasteiger partial charge >= 0.3 is 5.97 Å². The SMILES string of the molecule is O=C(Cn1cccc1C(=O)O)Nc1cc(F)cc(Cl)c1. The number of carbonyl (C=O) groups is 2. The zero-order chi connectivity index (χ0) is 14.7. The first-order valence-electron chi connectivity index (χ1n) is 5.60. The van der Waals surface area contributed by atoms with Gasteiger partial charge in [0, 0.05) is 16.9 Å². The summed E-state index contributed by atoms with van der Waals surface area (Å²) in [4.78, 5) is 22.7. The lowest BCUT2D eigenvalue weighted by Crippen LogP contribution is -2.20. The zero-order valence-electron chi connectivity index (χ0n) is 10.1. The molecule has 0 saturated carbocycles. The van der Waals surface area contributed by atoms with Crippen LogP contribution in [0.4, 0.5) is 10.1 Å². The van der Waals surface area contributed by atoms with Crippen molar-refractivity contribution >= 4 is 29.2 Å². The molecule has 0 aliphatic carbocycles. The standard InChI is InChI=1S/C13H10ClFN2O3/c14-8-4-9(15)6-10(5-8)16-12(18)7-17-3-1-2-11(17)13(19)20/h1-6H,7H2,(H,16,18)(H,19,20). The second-order valence-corrected chi connectivity index (χ2v) is 4.47. The summed E-state index contributed by atoms with van der Waals surface area (Å²) in [6, 6.07) is 6.55. The van der Waals surface area contributed by atoms with E-state index in [9.17, 15) is 14.0 Å².